The molecule has 80 heavy (non-hydrogen) atoms. The number of rotatable bonds is 13. The molecule has 12 nitrogen and oxygen atoms in total. The Labute approximate surface area is 468 Å². The van der Waals surface area contributed by atoms with E-state index in [9.17, 15) is 0 Å². The average molecular weight is 1130 g/mol. The van der Waals surface area contributed by atoms with Gasteiger partial charge in [-0.05, 0) is 150 Å². The first kappa shape index (κ1) is 49.8. The second-order valence-electron chi connectivity index (χ2n) is 19.3. The smallest absolute Gasteiger partial charge is 0.421 e. The Hall–Kier alpha value is -8.48. The molecule has 8 heterocycles. The normalized spacial score (nSPS) is 17.1. The van der Waals surface area contributed by atoms with E-state index in [1.807, 2.05) is 158 Å². The monoisotopic (exact) mass is 1130 g/mol. The molecule has 0 N–H and O–H groups in total. The Morgan fingerprint density at radius 3 is 1.04 bits per heavy atom. The van der Waals surface area contributed by atoms with Gasteiger partial charge < -0.3 is 36.2 Å². The molecule has 0 spiro atoms. The first-order chi connectivity index (χ1) is 39.3. The number of fused-ring (bicyclic) bond motifs is 8. The maximum atomic E-state index is 7.38. The van der Waals surface area contributed by atoms with E-state index in [0.717, 1.165) is 90.3 Å². The summed E-state index contributed by atoms with van der Waals surface area (Å²) in [5.74, 6) is 4.83. The van der Waals surface area contributed by atoms with Crippen LogP contribution in [0.2, 0.25) is 0 Å². The van der Waals surface area contributed by atoms with Crippen LogP contribution in [0.4, 0.5) is 0 Å². The van der Waals surface area contributed by atoms with Gasteiger partial charge in [0, 0.05) is 101 Å². The Morgan fingerprint density at radius 2 is 0.688 bits per heavy atom. The van der Waals surface area contributed by atoms with Gasteiger partial charge in [-0.2, -0.15) is 0 Å². The SMILES string of the molecule is C=Cc1ccc2c(c1)Cc1cccn1P(Oc1ccc(OP3Oc4ccc(C=C)cc4Cc4cccn43)c(-c3c(OP4Oc5ccc(C=C)cc5Cc5cccn54)cccc3OP3Oc4ccc(C=C)cc4Cc4cccn43)c1)O2. The molecule has 0 fully saturated rings. The van der Waals surface area contributed by atoms with Crippen LogP contribution >= 0.6 is 34.1 Å². The molecular weight excluding hydrogens is 1080 g/mol. The predicted molar refractivity (Wildman–Crippen MR) is 321 cm³/mol. The fourth-order valence-corrected chi connectivity index (χ4v) is 15.9. The third kappa shape index (κ3) is 9.38. The second-order valence-corrected chi connectivity index (χ2v) is 24.4. The largest absolute Gasteiger partial charge is 0.423 e. The summed E-state index contributed by atoms with van der Waals surface area (Å²) in [6.45, 7) is 16.1. The Kier molecular flexibility index (Phi) is 13.0. The lowest BCUT2D eigenvalue weighted by atomic mass is 10.0. The van der Waals surface area contributed by atoms with E-state index in [1.165, 1.54) is 0 Å². The first-order valence-corrected chi connectivity index (χ1v) is 30.5. The molecule has 0 saturated carbocycles. The molecule has 10 aromatic rings. The summed E-state index contributed by atoms with van der Waals surface area (Å²) in [6, 6.07) is 52.6. The van der Waals surface area contributed by atoms with Crippen molar-refractivity contribution in [1.29, 1.82) is 0 Å². The maximum Gasteiger partial charge on any atom is 0.421 e. The van der Waals surface area contributed by atoms with Crippen molar-refractivity contribution in [3.63, 3.8) is 0 Å². The van der Waals surface area contributed by atoms with Gasteiger partial charge in [-0.1, -0.05) is 81.0 Å². The first-order valence-electron chi connectivity index (χ1n) is 25.9. The average Bonchev–Trinajstić information content (AvgIpc) is 4.45. The fraction of sp³-hybridized carbons (Fsp3) is 0.0625. The summed E-state index contributed by atoms with van der Waals surface area (Å²) < 4.78 is 65.3. The van der Waals surface area contributed by atoms with Crippen LogP contribution in [0.3, 0.4) is 0 Å². The molecule has 0 amide bonds. The quantitative estimate of drug-likeness (QED) is 0.105. The highest BCUT2D eigenvalue weighted by Gasteiger charge is 2.35. The lowest BCUT2D eigenvalue weighted by Crippen LogP contribution is -2.08. The Bertz CT molecular complexity index is 3970. The van der Waals surface area contributed by atoms with Crippen molar-refractivity contribution in [2.75, 3.05) is 0 Å². The summed E-state index contributed by atoms with van der Waals surface area (Å²) in [4.78, 5) is 0. The van der Waals surface area contributed by atoms with E-state index in [-0.39, 0.29) is 0 Å². The van der Waals surface area contributed by atoms with Gasteiger partial charge in [0.05, 0.1) is 5.56 Å². The zero-order valence-electron chi connectivity index (χ0n) is 43.1. The van der Waals surface area contributed by atoms with Gasteiger partial charge in [0.1, 0.15) is 46.0 Å². The van der Waals surface area contributed by atoms with Gasteiger partial charge in [0.25, 0.3) is 0 Å². The second kappa shape index (κ2) is 21.0. The highest BCUT2D eigenvalue weighted by atomic mass is 31.2. The van der Waals surface area contributed by atoms with Crippen molar-refractivity contribution in [3.8, 4) is 57.1 Å². The summed E-state index contributed by atoms with van der Waals surface area (Å²) in [5, 5.41) is 0. The topological polar surface area (TPSA) is 93.6 Å². The predicted octanol–water partition coefficient (Wildman–Crippen LogP) is 17.7. The van der Waals surface area contributed by atoms with Gasteiger partial charge in [0.2, 0.25) is 0 Å². The molecule has 0 aliphatic carbocycles. The molecule has 0 bridgehead atoms. The van der Waals surface area contributed by atoms with E-state index in [1.54, 1.807) is 0 Å². The van der Waals surface area contributed by atoms with Crippen LogP contribution in [-0.4, -0.2) is 17.4 Å². The zero-order valence-corrected chi connectivity index (χ0v) is 46.7. The van der Waals surface area contributed by atoms with E-state index < -0.39 is 34.1 Å². The van der Waals surface area contributed by atoms with Crippen molar-refractivity contribution in [2.24, 2.45) is 0 Å². The molecule has 16 heteroatoms. The van der Waals surface area contributed by atoms with Gasteiger partial charge in [-0.25, -0.2) is 0 Å². The standard InChI is InChI=1S/C64H50N4O8P4/c1-5-43-20-25-57-47(34-43)38-51-14-10-30-65(51)77(70-57)69-55-24-29-61(74-78-66-31-11-15-52(66)39-48-35-44(6-2)21-26-58(48)71-78)56(42-55)64-62(75-79-67-32-12-16-53(67)40-49-36-45(7-3)22-27-59(49)72-79)18-9-19-63(64)76-80-68-33-13-17-54(68)41-50-37-46(8-4)23-28-60(50)73-80/h5-37,42H,1-4,38-41H2. The van der Waals surface area contributed by atoms with Crippen LogP contribution in [0.25, 0.3) is 35.4 Å². The van der Waals surface area contributed by atoms with Gasteiger partial charge in [-0.3, -0.25) is 17.4 Å². The van der Waals surface area contributed by atoms with Crippen molar-refractivity contribution >= 4 is 58.4 Å². The summed E-state index contributed by atoms with van der Waals surface area (Å²) in [5.41, 5.74) is 13.5. The Balaban J connectivity index is 0.942. The van der Waals surface area contributed by atoms with Crippen molar-refractivity contribution in [3.05, 3.63) is 276 Å². The highest BCUT2D eigenvalue weighted by Crippen LogP contribution is 2.58. The summed E-state index contributed by atoms with van der Waals surface area (Å²) in [6.07, 6.45) is 18.0. The van der Waals surface area contributed by atoms with Crippen molar-refractivity contribution in [2.45, 2.75) is 25.7 Å². The van der Waals surface area contributed by atoms with Crippen LogP contribution in [-0.2, 0) is 25.7 Å². The van der Waals surface area contributed by atoms with Crippen LogP contribution in [0, 0.1) is 0 Å². The lowest BCUT2D eigenvalue weighted by Gasteiger charge is -2.26. The molecule has 4 unspecified atom stereocenters. The molecule has 4 aliphatic heterocycles. The number of nitrogens with zero attached hydrogens (tertiary/aromatic N) is 4. The van der Waals surface area contributed by atoms with Gasteiger partial charge in [-0.15, -0.1) is 0 Å². The van der Waals surface area contributed by atoms with Crippen molar-refractivity contribution < 1.29 is 36.2 Å². The molecule has 394 valence electrons. The van der Waals surface area contributed by atoms with Gasteiger partial charge in [0.15, 0.2) is 0 Å². The van der Waals surface area contributed by atoms with E-state index >= 15 is 0 Å². The van der Waals surface area contributed by atoms with Crippen molar-refractivity contribution in [1.82, 2.24) is 17.4 Å². The van der Waals surface area contributed by atoms with Crippen LogP contribution in [0.1, 0.15) is 67.3 Å². The maximum absolute atomic E-state index is 7.38. The number of hydrogen-bond donors (Lipinski definition) is 0. The lowest BCUT2D eigenvalue weighted by molar-refractivity contribution is 0.466. The number of benzene rings is 6. The van der Waals surface area contributed by atoms with Crippen LogP contribution in [0.15, 0.2) is 209 Å². The van der Waals surface area contributed by atoms with E-state index in [4.69, 9.17) is 36.2 Å². The highest BCUT2D eigenvalue weighted by molar-refractivity contribution is 7.47. The number of aromatic nitrogens is 4. The Morgan fingerprint density at radius 1 is 0.350 bits per heavy atom. The van der Waals surface area contributed by atoms with E-state index in [2.05, 4.69) is 92.2 Å². The summed E-state index contributed by atoms with van der Waals surface area (Å²) >= 11 is 0. The molecule has 4 aromatic heterocycles. The molecule has 0 radical (unpaired) electrons. The fourth-order valence-electron chi connectivity index (χ4n) is 10.3. The molecule has 6 aromatic carbocycles. The summed E-state index contributed by atoms with van der Waals surface area (Å²) in [7, 11) is -7.38. The minimum Gasteiger partial charge on any atom is -0.423 e. The molecule has 4 atom stereocenters. The zero-order chi connectivity index (χ0) is 53.8. The van der Waals surface area contributed by atoms with Gasteiger partial charge >= 0.3 is 34.1 Å². The molecule has 14 rings (SSSR count). The minimum absolute atomic E-state index is 0.463. The molecule has 4 aliphatic rings. The third-order valence-electron chi connectivity index (χ3n) is 14.3. The number of hydrogen-bond acceptors (Lipinski definition) is 8. The van der Waals surface area contributed by atoms with Crippen LogP contribution in [0.5, 0.6) is 46.0 Å². The molecular formula is C64H50N4O8P4. The third-order valence-corrected chi connectivity index (χ3v) is 20.1. The van der Waals surface area contributed by atoms with Crippen LogP contribution < -0.4 is 36.2 Å². The molecule has 0 saturated heterocycles. The minimum atomic E-state index is -1.87. The van der Waals surface area contributed by atoms with E-state index in [0.29, 0.717) is 59.8 Å².